The van der Waals surface area contributed by atoms with Gasteiger partial charge in [-0.15, -0.1) is 0 Å². The van der Waals surface area contributed by atoms with Gasteiger partial charge < -0.3 is 5.11 Å². The van der Waals surface area contributed by atoms with E-state index in [0.717, 1.165) is 0 Å². The Morgan fingerprint density at radius 3 is 2.53 bits per heavy atom. The molecule has 0 spiro atoms. The number of hydrogen-bond donors (Lipinski definition) is 1. The molecule has 0 aromatic heterocycles. The van der Waals surface area contributed by atoms with Gasteiger partial charge in [0.05, 0.1) is 12.2 Å². The maximum absolute atomic E-state index is 11.1. The summed E-state index contributed by atoms with van der Waals surface area (Å²) in [6.45, 7) is 1.32. The van der Waals surface area contributed by atoms with Crippen LogP contribution in [-0.2, 0) is 15.7 Å². The van der Waals surface area contributed by atoms with Gasteiger partial charge in [0.2, 0.25) is 0 Å². The van der Waals surface area contributed by atoms with Crippen LogP contribution in [0.2, 0.25) is 0 Å². The van der Waals surface area contributed by atoms with Gasteiger partial charge in [-0.2, -0.15) is 5.26 Å². The van der Waals surface area contributed by atoms with Crippen LogP contribution >= 0.6 is 10.7 Å². The topological polar surface area (TPSA) is 78.2 Å². The molecule has 4 nitrogen and oxygen atoms in total. The molecule has 0 unspecified atom stereocenters. The second-order valence-electron chi connectivity index (χ2n) is 2.93. The van der Waals surface area contributed by atoms with Gasteiger partial charge in [-0.3, -0.25) is 0 Å². The zero-order valence-corrected chi connectivity index (χ0v) is 9.43. The lowest BCUT2D eigenvalue weighted by molar-refractivity contribution is 0.281. The third kappa shape index (κ3) is 2.29. The molecule has 0 amide bonds. The zero-order chi connectivity index (χ0) is 11.6. The normalized spacial score (nSPS) is 11.1. The Morgan fingerprint density at radius 2 is 2.13 bits per heavy atom. The minimum Gasteiger partial charge on any atom is -0.392 e. The van der Waals surface area contributed by atoms with E-state index in [2.05, 4.69) is 0 Å². The molecule has 0 atom stereocenters. The third-order valence-electron chi connectivity index (χ3n) is 2.08. The van der Waals surface area contributed by atoms with Gasteiger partial charge in [0, 0.05) is 10.7 Å². The maximum Gasteiger partial charge on any atom is 0.262 e. The van der Waals surface area contributed by atoms with Crippen molar-refractivity contribution in [2.24, 2.45) is 0 Å². The highest BCUT2D eigenvalue weighted by molar-refractivity contribution is 8.13. The number of aliphatic hydroxyl groups excluding tert-OH is 1. The number of benzene rings is 1. The maximum atomic E-state index is 11.1. The van der Waals surface area contributed by atoms with Crippen LogP contribution in [0.3, 0.4) is 0 Å². The highest BCUT2D eigenvalue weighted by atomic mass is 35.7. The third-order valence-corrected chi connectivity index (χ3v) is 3.45. The molecule has 0 radical (unpaired) electrons. The van der Waals surface area contributed by atoms with Crippen LogP contribution in [0.5, 0.6) is 0 Å². The van der Waals surface area contributed by atoms with Gasteiger partial charge in [0.25, 0.3) is 9.05 Å². The molecular formula is C9H8ClNO3S. The molecule has 0 aliphatic heterocycles. The number of halogens is 1. The fourth-order valence-electron chi connectivity index (χ4n) is 1.24. The summed E-state index contributed by atoms with van der Waals surface area (Å²) >= 11 is 0. The van der Waals surface area contributed by atoms with Crippen LogP contribution in [0, 0.1) is 18.3 Å². The summed E-state index contributed by atoms with van der Waals surface area (Å²) in [5.74, 6) is 0. The van der Waals surface area contributed by atoms with Crippen molar-refractivity contribution in [1.29, 1.82) is 5.26 Å². The van der Waals surface area contributed by atoms with Gasteiger partial charge in [0.15, 0.2) is 0 Å². The van der Waals surface area contributed by atoms with Crippen LogP contribution in [0.4, 0.5) is 0 Å². The molecule has 0 saturated heterocycles. The van der Waals surface area contributed by atoms with E-state index in [-0.39, 0.29) is 17.1 Å². The molecule has 1 N–H and O–H groups in total. The standard InChI is InChI=1S/C9H8ClNO3S/c1-6-7(5-12)2-3-9(8(6)4-11)15(10,13)14/h2-3,12H,5H2,1H3. The largest absolute Gasteiger partial charge is 0.392 e. The minimum absolute atomic E-state index is 0.0171. The Labute approximate surface area is 92.1 Å². The van der Waals surface area contributed by atoms with E-state index >= 15 is 0 Å². The van der Waals surface area contributed by atoms with Gasteiger partial charge >= 0.3 is 0 Å². The summed E-state index contributed by atoms with van der Waals surface area (Å²) in [5, 5.41) is 17.8. The van der Waals surface area contributed by atoms with E-state index < -0.39 is 9.05 Å². The first-order valence-corrected chi connectivity index (χ1v) is 6.31. The Kier molecular flexibility index (Phi) is 3.35. The molecule has 0 aliphatic rings. The molecule has 80 valence electrons. The lowest BCUT2D eigenvalue weighted by Crippen LogP contribution is -2.01. The van der Waals surface area contributed by atoms with E-state index in [1.165, 1.54) is 12.1 Å². The molecule has 6 heteroatoms. The van der Waals surface area contributed by atoms with Gasteiger partial charge in [-0.25, -0.2) is 8.42 Å². The van der Waals surface area contributed by atoms with Crippen LogP contribution in [0.25, 0.3) is 0 Å². The monoisotopic (exact) mass is 245 g/mol. The fraction of sp³-hybridized carbons (Fsp3) is 0.222. The van der Waals surface area contributed by atoms with Crippen molar-refractivity contribution in [3.63, 3.8) is 0 Å². The molecule has 0 bridgehead atoms. The van der Waals surface area contributed by atoms with E-state index in [4.69, 9.17) is 21.1 Å². The summed E-state index contributed by atoms with van der Waals surface area (Å²) in [6.07, 6.45) is 0. The lowest BCUT2D eigenvalue weighted by Gasteiger charge is -2.07. The summed E-state index contributed by atoms with van der Waals surface area (Å²) in [4.78, 5) is -0.221. The summed E-state index contributed by atoms with van der Waals surface area (Å²) in [5.41, 5.74) is 0.925. The molecular weight excluding hydrogens is 238 g/mol. The Balaban J connectivity index is 3.61. The van der Waals surface area contributed by atoms with Crippen LogP contribution < -0.4 is 0 Å². The number of aliphatic hydroxyl groups is 1. The quantitative estimate of drug-likeness (QED) is 0.797. The Bertz CT molecular complexity index is 531. The predicted molar refractivity (Wildman–Crippen MR) is 54.9 cm³/mol. The van der Waals surface area contributed by atoms with Crippen molar-refractivity contribution in [2.75, 3.05) is 0 Å². The molecule has 1 aromatic rings. The van der Waals surface area contributed by atoms with Crippen molar-refractivity contribution >= 4 is 19.7 Å². The molecule has 0 aliphatic carbocycles. The van der Waals surface area contributed by atoms with Gasteiger partial charge in [0.1, 0.15) is 11.0 Å². The van der Waals surface area contributed by atoms with E-state index in [1.54, 1.807) is 13.0 Å². The first kappa shape index (κ1) is 12.0. The second kappa shape index (κ2) is 4.19. The minimum atomic E-state index is -3.92. The first-order valence-electron chi connectivity index (χ1n) is 4.00. The highest BCUT2D eigenvalue weighted by Gasteiger charge is 2.18. The SMILES string of the molecule is Cc1c(CO)ccc(S(=O)(=O)Cl)c1C#N. The van der Waals surface area contributed by atoms with Crippen molar-refractivity contribution < 1.29 is 13.5 Å². The van der Waals surface area contributed by atoms with Crippen LogP contribution in [0.1, 0.15) is 16.7 Å². The Hall–Kier alpha value is -1.09. The molecule has 0 fully saturated rings. The van der Waals surface area contributed by atoms with Crippen molar-refractivity contribution in [3.05, 3.63) is 28.8 Å². The average molecular weight is 246 g/mol. The number of rotatable bonds is 2. The zero-order valence-electron chi connectivity index (χ0n) is 7.86. The number of nitrogens with zero attached hydrogens (tertiary/aromatic N) is 1. The highest BCUT2D eigenvalue weighted by Crippen LogP contribution is 2.24. The van der Waals surface area contributed by atoms with Crippen LogP contribution in [0.15, 0.2) is 17.0 Å². The van der Waals surface area contributed by atoms with Crippen molar-refractivity contribution in [2.45, 2.75) is 18.4 Å². The predicted octanol–water partition coefficient (Wildman–Crippen LogP) is 1.29. The molecule has 0 saturated carbocycles. The first-order chi connectivity index (χ1) is 6.91. The molecule has 1 aromatic carbocycles. The van der Waals surface area contributed by atoms with E-state index in [1.807, 2.05) is 0 Å². The summed E-state index contributed by atoms with van der Waals surface area (Å²) in [7, 11) is 1.24. The smallest absolute Gasteiger partial charge is 0.262 e. The molecule has 15 heavy (non-hydrogen) atoms. The lowest BCUT2D eigenvalue weighted by atomic mass is 10.0. The fourth-order valence-corrected chi connectivity index (χ4v) is 2.30. The van der Waals surface area contributed by atoms with Gasteiger partial charge in [-0.1, -0.05) is 6.07 Å². The van der Waals surface area contributed by atoms with Crippen molar-refractivity contribution in [1.82, 2.24) is 0 Å². The average Bonchev–Trinajstić information content (AvgIpc) is 2.15. The van der Waals surface area contributed by atoms with Gasteiger partial charge in [-0.05, 0) is 24.1 Å². The number of hydrogen-bond acceptors (Lipinski definition) is 4. The van der Waals surface area contributed by atoms with Crippen molar-refractivity contribution in [3.8, 4) is 6.07 Å². The van der Waals surface area contributed by atoms with E-state index in [0.29, 0.717) is 11.1 Å². The number of nitriles is 1. The summed E-state index contributed by atoms with van der Waals surface area (Å²) in [6, 6.07) is 4.43. The Morgan fingerprint density at radius 1 is 1.53 bits per heavy atom. The van der Waals surface area contributed by atoms with Crippen LogP contribution in [-0.4, -0.2) is 13.5 Å². The summed E-state index contributed by atoms with van der Waals surface area (Å²) < 4.78 is 22.2. The second-order valence-corrected chi connectivity index (χ2v) is 5.46. The molecule has 0 heterocycles. The van der Waals surface area contributed by atoms with E-state index in [9.17, 15) is 8.42 Å². The molecule has 1 rings (SSSR count).